The zero-order valence-corrected chi connectivity index (χ0v) is 18.6. The van der Waals surface area contributed by atoms with Crippen LogP contribution in [-0.2, 0) is 17.5 Å². The molecule has 1 amide bonds. The molecular formula is C23H24F3N3O2S. The number of hydrogen-bond acceptors (Lipinski definition) is 4. The number of ether oxygens (including phenoxy) is 1. The molecular weight excluding hydrogens is 439 g/mol. The highest BCUT2D eigenvalue weighted by Gasteiger charge is 2.35. The lowest BCUT2D eigenvalue weighted by atomic mass is 10.1. The lowest BCUT2D eigenvalue weighted by molar-refractivity contribution is -0.136. The SMILES string of the molecule is Cc1cc(C(=O)Nc2ccc(N3CCOCC3)cc2C(F)(F)F)c(C)n1Cc1cccs1. The van der Waals surface area contributed by atoms with Crippen molar-refractivity contribution in [1.29, 1.82) is 0 Å². The first-order valence-electron chi connectivity index (χ1n) is 10.3. The zero-order valence-electron chi connectivity index (χ0n) is 17.8. The fraction of sp³-hybridized carbons (Fsp3) is 0.348. The highest BCUT2D eigenvalue weighted by molar-refractivity contribution is 7.09. The number of anilines is 2. The number of aryl methyl sites for hydroxylation is 1. The molecule has 0 spiro atoms. The number of nitrogens with zero attached hydrogens (tertiary/aromatic N) is 2. The number of morpholine rings is 1. The highest BCUT2D eigenvalue weighted by atomic mass is 32.1. The second-order valence-electron chi connectivity index (χ2n) is 7.73. The first kappa shape index (κ1) is 22.4. The van der Waals surface area contributed by atoms with E-state index < -0.39 is 17.6 Å². The molecule has 0 atom stereocenters. The van der Waals surface area contributed by atoms with E-state index in [9.17, 15) is 18.0 Å². The van der Waals surface area contributed by atoms with Gasteiger partial charge in [-0.3, -0.25) is 4.79 Å². The Labute approximate surface area is 188 Å². The minimum atomic E-state index is -4.60. The summed E-state index contributed by atoms with van der Waals surface area (Å²) in [6.07, 6.45) is -4.60. The molecule has 1 fully saturated rings. The number of benzene rings is 1. The van der Waals surface area contributed by atoms with Crippen LogP contribution >= 0.6 is 11.3 Å². The highest BCUT2D eigenvalue weighted by Crippen LogP contribution is 2.38. The van der Waals surface area contributed by atoms with Crippen LogP contribution < -0.4 is 10.2 Å². The first-order chi connectivity index (χ1) is 15.2. The number of nitrogens with one attached hydrogen (secondary N) is 1. The van der Waals surface area contributed by atoms with Crippen molar-refractivity contribution in [3.63, 3.8) is 0 Å². The number of halogens is 3. The first-order valence-corrected chi connectivity index (χ1v) is 11.2. The number of aromatic nitrogens is 1. The molecule has 4 rings (SSSR count). The molecule has 0 aliphatic carbocycles. The molecule has 32 heavy (non-hydrogen) atoms. The van der Waals surface area contributed by atoms with Gasteiger partial charge in [0.1, 0.15) is 0 Å². The lowest BCUT2D eigenvalue weighted by Crippen LogP contribution is -2.36. The Morgan fingerprint density at radius 1 is 1.16 bits per heavy atom. The average molecular weight is 464 g/mol. The smallest absolute Gasteiger partial charge is 0.378 e. The lowest BCUT2D eigenvalue weighted by Gasteiger charge is -2.29. The van der Waals surface area contributed by atoms with E-state index in [4.69, 9.17) is 4.74 Å². The van der Waals surface area contributed by atoms with Gasteiger partial charge in [0.2, 0.25) is 0 Å². The Morgan fingerprint density at radius 2 is 1.91 bits per heavy atom. The van der Waals surface area contributed by atoms with Gasteiger partial charge in [0.15, 0.2) is 0 Å². The number of thiophene rings is 1. The number of alkyl halides is 3. The van der Waals surface area contributed by atoms with E-state index >= 15 is 0 Å². The van der Waals surface area contributed by atoms with Crippen molar-refractivity contribution in [2.75, 3.05) is 36.5 Å². The summed E-state index contributed by atoms with van der Waals surface area (Å²) in [7, 11) is 0. The topological polar surface area (TPSA) is 46.5 Å². The van der Waals surface area contributed by atoms with Gasteiger partial charge in [-0.1, -0.05) is 6.07 Å². The van der Waals surface area contributed by atoms with Crippen LogP contribution in [0.4, 0.5) is 24.5 Å². The van der Waals surface area contributed by atoms with Gasteiger partial charge >= 0.3 is 6.18 Å². The molecule has 1 aromatic carbocycles. The van der Waals surface area contributed by atoms with Crippen LogP contribution in [0, 0.1) is 13.8 Å². The van der Waals surface area contributed by atoms with Gasteiger partial charge in [-0.25, -0.2) is 0 Å². The van der Waals surface area contributed by atoms with E-state index in [0.29, 0.717) is 49.8 Å². The normalized spacial score (nSPS) is 14.6. The summed E-state index contributed by atoms with van der Waals surface area (Å²) >= 11 is 1.61. The predicted octanol–water partition coefficient (Wildman–Crippen LogP) is 5.32. The molecule has 0 radical (unpaired) electrons. The van der Waals surface area contributed by atoms with Crippen LogP contribution in [0.1, 0.15) is 32.2 Å². The van der Waals surface area contributed by atoms with Gasteiger partial charge in [0.25, 0.3) is 5.91 Å². The quantitative estimate of drug-likeness (QED) is 0.557. The second-order valence-corrected chi connectivity index (χ2v) is 8.76. The van der Waals surface area contributed by atoms with Gasteiger partial charge in [0, 0.05) is 35.0 Å². The third-order valence-corrected chi connectivity index (χ3v) is 6.51. The largest absolute Gasteiger partial charge is 0.418 e. The standard InChI is InChI=1S/C23H24F3N3O2S/c1-15-12-19(16(2)29(15)14-18-4-3-11-32-18)22(30)27-21-6-5-17(13-20(21)23(24,25)26)28-7-9-31-10-8-28/h3-6,11-13H,7-10,14H2,1-2H3,(H,27,30). The third-order valence-electron chi connectivity index (χ3n) is 5.65. The van der Waals surface area contributed by atoms with Gasteiger partial charge in [-0.15, -0.1) is 11.3 Å². The maximum atomic E-state index is 13.8. The molecule has 0 bridgehead atoms. The molecule has 1 N–H and O–H groups in total. The molecule has 0 saturated carbocycles. The van der Waals surface area contributed by atoms with Gasteiger partial charge in [-0.05, 0) is 49.6 Å². The molecule has 1 saturated heterocycles. The fourth-order valence-corrected chi connectivity index (χ4v) is 4.61. The van der Waals surface area contributed by atoms with Crippen molar-refractivity contribution in [2.24, 2.45) is 0 Å². The van der Waals surface area contributed by atoms with Crippen molar-refractivity contribution in [3.8, 4) is 0 Å². The molecule has 5 nitrogen and oxygen atoms in total. The average Bonchev–Trinajstić information content (AvgIpc) is 3.38. The summed E-state index contributed by atoms with van der Waals surface area (Å²) in [4.78, 5) is 15.9. The summed E-state index contributed by atoms with van der Waals surface area (Å²) in [5.41, 5.74) is 1.31. The van der Waals surface area contributed by atoms with Crippen LogP contribution in [0.15, 0.2) is 41.8 Å². The van der Waals surface area contributed by atoms with Crippen LogP contribution in [0.25, 0.3) is 0 Å². The van der Waals surface area contributed by atoms with E-state index in [1.54, 1.807) is 23.5 Å². The maximum absolute atomic E-state index is 13.8. The molecule has 1 aliphatic rings. The van der Waals surface area contributed by atoms with E-state index in [1.165, 1.54) is 6.07 Å². The molecule has 0 unspecified atom stereocenters. The van der Waals surface area contributed by atoms with Crippen molar-refractivity contribution in [3.05, 3.63) is 69.2 Å². The molecule has 9 heteroatoms. The second kappa shape index (κ2) is 8.99. The van der Waals surface area contributed by atoms with Gasteiger partial charge in [-0.2, -0.15) is 13.2 Å². The molecule has 2 aromatic heterocycles. The van der Waals surface area contributed by atoms with E-state index in [0.717, 1.165) is 16.6 Å². The molecule has 170 valence electrons. The van der Waals surface area contributed by atoms with Crippen molar-refractivity contribution in [1.82, 2.24) is 4.57 Å². The Hall–Kier alpha value is -2.78. The Kier molecular flexibility index (Phi) is 6.30. The van der Waals surface area contributed by atoms with E-state index in [-0.39, 0.29) is 5.69 Å². The number of rotatable bonds is 5. The third kappa shape index (κ3) is 4.68. The molecule has 3 heterocycles. The van der Waals surface area contributed by atoms with Crippen LogP contribution in [0.3, 0.4) is 0 Å². The number of amides is 1. The molecule has 3 aromatic rings. The summed E-state index contributed by atoms with van der Waals surface area (Å²) in [6, 6.07) is 9.72. The fourth-order valence-electron chi connectivity index (χ4n) is 3.92. The number of carbonyl (C=O) groups excluding carboxylic acids is 1. The Balaban J connectivity index is 1.60. The van der Waals surface area contributed by atoms with Gasteiger partial charge < -0.3 is 19.5 Å². The zero-order chi connectivity index (χ0) is 22.9. The Morgan fingerprint density at radius 3 is 2.56 bits per heavy atom. The molecule has 1 aliphatic heterocycles. The van der Waals surface area contributed by atoms with Crippen LogP contribution in [0.2, 0.25) is 0 Å². The van der Waals surface area contributed by atoms with Crippen molar-refractivity contribution < 1.29 is 22.7 Å². The van der Waals surface area contributed by atoms with Crippen LogP contribution in [-0.4, -0.2) is 36.8 Å². The number of carbonyl (C=O) groups is 1. The van der Waals surface area contributed by atoms with E-state index in [2.05, 4.69) is 5.32 Å². The van der Waals surface area contributed by atoms with Gasteiger partial charge in [0.05, 0.1) is 36.6 Å². The van der Waals surface area contributed by atoms with E-state index in [1.807, 2.05) is 40.8 Å². The maximum Gasteiger partial charge on any atom is 0.418 e. The summed E-state index contributed by atoms with van der Waals surface area (Å²) < 4.78 is 48.7. The predicted molar refractivity (Wildman–Crippen MR) is 120 cm³/mol. The summed E-state index contributed by atoms with van der Waals surface area (Å²) in [5, 5.41) is 4.47. The van der Waals surface area contributed by atoms with Crippen molar-refractivity contribution >= 4 is 28.6 Å². The minimum absolute atomic E-state index is 0.248. The minimum Gasteiger partial charge on any atom is -0.378 e. The Bertz CT molecular complexity index is 1100. The van der Waals surface area contributed by atoms with Crippen molar-refractivity contribution in [2.45, 2.75) is 26.6 Å². The monoisotopic (exact) mass is 463 g/mol. The summed E-state index contributed by atoms with van der Waals surface area (Å²) in [6.45, 7) is 6.31. The van der Waals surface area contributed by atoms with Crippen LogP contribution in [0.5, 0.6) is 0 Å². The summed E-state index contributed by atoms with van der Waals surface area (Å²) in [5.74, 6) is -0.555. The number of hydrogen-bond donors (Lipinski definition) is 1.